The van der Waals surface area contributed by atoms with Gasteiger partial charge in [0.15, 0.2) is 0 Å². The van der Waals surface area contributed by atoms with Crippen LogP contribution < -0.4 is 0 Å². The summed E-state index contributed by atoms with van der Waals surface area (Å²) in [5.41, 5.74) is 1.14. The summed E-state index contributed by atoms with van der Waals surface area (Å²) in [5.74, 6) is -0.811. The van der Waals surface area contributed by atoms with E-state index < -0.39 is 5.82 Å². The highest BCUT2D eigenvalue weighted by Crippen LogP contribution is 2.34. The maximum Gasteiger partial charge on any atom is 0.145 e. The summed E-state index contributed by atoms with van der Waals surface area (Å²) in [7, 11) is 0. The van der Waals surface area contributed by atoms with Gasteiger partial charge in [0.25, 0.3) is 0 Å². The minimum Gasteiger partial charge on any atom is -0.507 e. The molecule has 0 amide bonds. The molecule has 0 unspecified atom stereocenters. The largest absolute Gasteiger partial charge is 0.507 e. The molecule has 0 fully saturated rings. The van der Waals surface area contributed by atoms with Crippen LogP contribution in [0.5, 0.6) is 5.75 Å². The van der Waals surface area contributed by atoms with Crippen molar-refractivity contribution in [2.24, 2.45) is 0 Å². The summed E-state index contributed by atoms with van der Waals surface area (Å²) in [6.45, 7) is 0. The van der Waals surface area contributed by atoms with Crippen molar-refractivity contribution in [2.45, 2.75) is 0 Å². The van der Waals surface area contributed by atoms with E-state index in [1.54, 1.807) is 24.3 Å². The first kappa shape index (κ1) is 11.2. The Morgan fingerprint density at radius 2 is 1.81 bits per heavy atom. The summed E-state index contributed by atoms with van der Waals surface area (Å²) in [5, 5.41) is 10.1. The summed E-state index contributed by atoms with van der Waals surface area (Å²) in [6.07, 6.45) is 0. The molecule has 0 spiro atoms. The second-order valence-corrected chi connectivity index (χ2v) is 4.14. The summed E-state index contributed by atoms with van der Waals surface area (Å²) in [4.78, 5) is 0. The molecule has 2 rings (SSSR count). The molecule has 1 N–H and O–H groups in total. The van der Waals surface area contributed by atoms with Gasteiger partial charge < -0.3 is 5.11 Å². The van der Waals surface area contributed by atoms with Crippen LogP contribution in [-0.2, 0) is 0 Å². The van der Waals surface area contributed by atoms with E-state index in [-0.39, 0.29) is 10.8 Å². The van der Waals surface area contributed by atoms with Crippen LogP contribution in [0.1, 0.15) is 0 Å². The van der Waals surface area contributed by atoms with Gasteiger partial charge in [0.2, 0.25) is 0 Å². The standard InChI is InChI=1S/C12H7Cl2FO/c13-8-3-1-2-7(4-8)9-5-10(14)11(15)6-12(9)16/h1-6,16H. The van der Waals surface area contributed by atoms with Gasteiger partial charge in [-0.15, -0.1) is 0 Å². The highest BCUT2D eigenvalue weighted by molar-refractivity contribution is 6.31. The quantitative estimate of drug-likeness (QED) is 0.797. The van der Waals surface area contributed by atoms with E-state index in [4.69, 9.17) is 23.2 Å². The number of hydrogen-bond donors (Lipinski definition) is 1. The minimum atomic E-state index is -0.648. The van der Waals surface area contributed by atoms with E-state index in [0.717, 1.165) is 6.07 Å². The average Bonchev–Trinajstić information content (AvgIpc) is 2.23. The molecule has 0 aromatic heterocycles. The van der Waals surface area contributed by atoms with Gasteiger partial charge in [0.05, 0.1) is 5.02 Å². The van der Waals surface area contributed by atoms with Gasteiger partial charge in [-0.1, -0.05) is 35.3 Å². The van der Waals surface area contributed by atoms with Crippen LogP contribution in [0.2, 0.25) is 10.0 Å². The lowest BCUT2D eigenvalue weighted by Gasteiger charge is -2.06. The number of phenolic OH excluding ortho intramolecular Hbond substituents is 1. The third kappa shape index (κ3) is 2.13. The average molecular weight is 257 g/mol. The second kappa shape index (κ2) is 4.32. The predicted molar refractivity (Wildman–Crippen MR) is 63.5 cm³/mol. The molecule has 1 nitrogen and oxygen atoms in total. The molecular formula is C12H7Cl2FO. The van der Waals surface area contributed by atoms with Crippen LogP contribution in [0, 0.1) is 5.82 Å². The molecule has 0 heterocycles. The second-order valence-electron chi connectivity index (χ2n) is 3.29. The minimum absolute atomic E-state index is 0.0345. The predicted octanol–water partition coefficient (Wildman–Crippen LogP) is 4.51. The molecule has 0 bridgehead atoms. The Labute approximate surface area is 102 Å². The monoisotopic (exact) mass is 256 g/mol. The Morgan fingerprint density at radius 3 is 2.50 bits per heavy atom. The summed E-state index contributed by atoms with van der Waals surface area (Å²) >= 11 is 11.5. The Hall–Kier alpha value is -1.25. The summed E-state index contributed by atoms with van der Waals surface area (Å²) < 4.78 is 13.0. The highest BCUT2D eigenvalue weighted by Gasteiger charge is 2.09. The van der Waals surface area contributed by atoms with E-state index in [1.165, 1.54) is 6.07 Å². The molecule has 0 aliphatic heterocycles. The van der Waals surface area contributed by atoms with E-state index in [2.05, 4.69) is 0 Å². The molecule has 4 heteroatoms. The van der Waals surface area contributed by atoms with Gasteiger partial charge in [-0.2, -0.15) is 0 Å². The number of benzene rings is 2. The Morgan fingerprint density at radius 1 is 1.06 bits per heavy atom. The molecule has 0 saturated carbocycles. The van der Waals surface area contributed by atoms with Crippen LogP contribution >= 0.6 is 23.2 Å². The lowest BCUT2D eigenvalue weighted by molar-refractivity contribution is 0.471. The number of hydrogen-bond acceptors (Lipinski definition) is 1. The first-order valence-corrected chi connectivity index (χ1v) is 5.27. The smallest absolute Gasteiger partial charge is 0.145 e. The highest BCUT2D eigenvalue weighted by atomic mass is 35.5. The topological polar surface area (TPSA) is 20.2 Å². The zero-order valence-electron chi connectivity index (χ0n) is 8.05. The van der Waals surface area contributed by atoms with Crippen LogP contribution in [-0.4, -0.2) is 5.11 Å². The summed E-state index contributed by atoms with van der Waals surface area (Å²) in [6, 6.07) is 9.25. The van der Waals surface area contributed by atoms with Crippen molar-refractivity contribution in [1.82, 2.24) is 0 Å². The third-order valence-electron chi connectivity index (χ3n) is 2.17. The van der Waals surface area contributed by atoms with Crippen molar-refractivity contribution in [3.05, 3.63) is 52.3 Å². The number of halogens is 3. The molecule has 0 radical (unpaired) electrons. The first-order chi connectivity index (χ1) is 7.58. The van der Waals surface area contributed by atoms with Crippen molar-refractivity contribution in [2.75, 3.05) is 0 Å². The molecule has 82 valence electrons. The van der Waals surface area contributed by atoms with Crippen molar-refractivity contribution in [3.63, 3.8) is 0 Å². The van der Waals surface area contributed by atoms with Crippen molar-refractivity contribution < 1.29 is 9.50 Å². The molecule has 2 aromatic carbocycles. The maximum atomic E-state index is 13.0. The van der Waals surface area contributed by atoms with Crippen LogP contribution in [0.4, 0.5) is 4.39 Å². The van der Waals surface area contributed by atoms with Gasteiger partial charge in [-0.3, -0.25) is 0 Å². The SMILES string of the molecule is Oc1cc(F)c(Cl)cc1-c1cccc(Cl)c1. The molecule has 0 atom stereocenters. The zero-order valence-corrected chi connectivity index (χ0v) is 9.56. The van der Waals surface area contributed by atoms with Gasteiger partial charge >= 0.3 is 0 Å². The number of rotatable bonds is 1. The van der Waals surface area contributed by atoms with Crippen LogP contribution in [0.3, 0.4) is 0 Å². The van der Waals surface area contributed by atoms with E-state index in [0.29, 0.717) is 16.1 Å². The van der Waals surface area contributed by atoms with Gasteiger partial charge in [-0.05, 0) is 23.8 Å². The first-order valence-electron chi connectivity index (χ1n) is 4.52. The molecule has 0 saturated heterocycles. The molecule has 0 aliphatic rings. The number of aromatic hydroxyl groups is 1. The van der Waals surface area contributed by atoms with E-state index >= 15 is 0 Å². The zero-order chi connectivity index (χ0) is 11.7. The van der Waals surface area contributed by atoms with Gasteiger partial charge in [0, 0.05) is 16.7 Å². The molecular weight excluding hydrogens is 250 g/mol. The Bertz CT molecular complexity index is 541. The van der Waals surface area contributed by atoms with E-state index in [9.17, 15) is 9.50 Å². The lowest BCUT2D eigenvalue weighted by atomic mass is 10.0. The fourth-order valence-electron chi connectivity index (χ4n) is 1.42. The fraction of sp³-hybridized carbons (Fsp3) is 0. The van der Waals surface area contributed by atoms with Crippen LogP contribution in [0.25, 0.3) is 11.1 Å². The van der Waals surface area contributed by atoms with Crippen LogP contribution in [0.15, 0.2) is 36.4 Å². The molecule has 16 heavy (non-hydrogen) atoms. The maximum absolute atomic E-state index is 13.0. The fourth-order valence-corrected chi connectivity index (χ4v) is 1.78. The Kier molecular flexibility index (Phi) is 3.03. The lowest BCUT2D eigenvalue weighted by Crippen LogP contribution is -1.83. The van der Waals surface area contributed by atoms with E-state index in [1.807, 2.05) is 0 Å². The number of phenols is 1. The van der Waals surface area contributed by atoms with Gasteiger partial charge in [-0.25, -0.2) is 4.39 Å². The normalized spacial score (nSPS) is 10.4. The van der Waals surface area contributed by atoms with Crippen molar-refractivity contribution >= 4 is 23.2 Å². The van der Waals surface area contributed by atoms with Crippen molar-refractivity contribution in [3.8, 4) is 16.9 Å². The van der Waals surface area contributed by atoms with Gasteiger partial charge in [0.1, 0.15) is 11.6 Å². The molecule has 2 aromatic rings. The third-order valence-corrected chi connectivity index (χ3v) is 2.70. The molecule has 0 aliphatic carbocycles. The Balaban J connectivity index is 2.60. The van der Waals surface area contributed by atoms with Crippen molar-refractivity contribution in [1.29, 1.82) is 0 Å².